The summed E-state index contributed by atoms with van der Waals surface area (Å²) in [6.07, 6.45) is 0. The number of rotatable bonds is 4. The van der Waals surface area contributed by atoms with Gasteiger partial charge in [-0.3, -0.25) is 14.9 Å². The SMILES string of the molecule is Cc1ccc([C@H](C)NC(=O)c2ccc(C)c([N+](=O)[O-])c2)c(C)c1. The van der Waals surface area contributed by atoms with Crippen molar-refractivity contribution in [1.82, 2.24) is 5.32 Å². The summed E-state index contributed by atoms with van der Waals surface area (Å²) in [6.45, 7) is 7.57. The number of amides is 1. The molecule has 2 aromatic carbocycles. The summed E-state index contributed by atoms with van der Waals surface area (Å²) in [7, 11) is 0. The Morgan fingerprint density at radius 2 is 1.78 bits per heavy atom. The Morgan fingerprint density at radius 3 is 2.39 bits per heavy atom. The van der Waals surface area contributed by atoms with Crippen LogP contribution in [0.1, 0.15) is 45.6 Å². The lowest BCUT2D eigenvalue weighted by molar-refractivity contribution is -0.385. The zero-order valence-electron chi connectivity index (χ0n) is 13.7. The molecule has 0 saturated heterocycles. The predicted molar refractivity (Wildman–Crippen MR) is 89.6 cm³/mol. The molecule has 5 nitrogen and oxygen atoms in total. The van der Waals surface area contributed by atoms with Crippen molar-refractivity contribution in [2.75, 3.05) is 0 Å². The molecular weight excluding hydrogens is 292 g/mol. The molecule has 0 fully saturated rings. The van der Waals surface area contributed by atoms with E-state index in [1.165, 1.54) is 11.6 Å². The number of benzene rings is 2. The van der Waals surface area contributed by atoms with Crippen LogP contribution >= 0.6 is 0 Å². The normalized spacial score (nSPS) is 11.8. The van der Waals surface area contributed by atoms with Crippen molar-refractivity contribution in [3.63, 3.8) is 0 Å². The van der Waals surface area contributed by atoms with Gasteiger partial charge in [-0.25, -0.2) is 0 Å². The first kappa shape index (κ1) is 16.7. The minimum Gasteiger partial charge on any atom is -0.346 e. The van der Waals surface area contributed by atoms with E-state index in [-0.39, 0.29) is 17.6 Å². The van der Waals surface area contributed by atoms with Gasteiger partial charge in [0, 0.05) is 17.2 Å². The predicted octanol–water partition coefficient (Wildman–Crippen LogP) is 4.01. The van der Waals surface area contributed by atoms with Crippen molar-refractivity contribution in [3.8, 4) is 0 Å². The highest BCUT2D eigenvalue weighted by molar-refractivity contribution is 5.95. The molecule has 0 aliphatic rings. The second-order valence-electron chi connectivity index (χ2n) is 5.81. The lowest BCUT2D eigenvalue weighted by Crippen LogP contribution is -2.27. The average Bonchev–Trinajstić information content (AvgIpc) is 2.46. The summed E-state index contributed by atoms with van der Waals surface area (Å²) in [6, 6.07) is 10.4. The van der Waals surface area contributed by atoms with Crippen molar-refractivity contribution < 1.29 is 9.72 Å². The van der Waals surface area contributed by atoms with E-state index >= 15 is 0 Å². The van der Waals surface area contributed by atoms with Crippen LogP contribution in [-0.2, 0) is 0 Å². The number of nitrogens with one attached hydrogen (secondary N) is 1. The van der Waals surface area contributed by atoms with Crippen LogP contribution in [0.4, 0.5) is 5.69 Å². The van der Waals surface area contributed by atoms with Crippen LogP contribution in [0.5, 0.6) is 0 Å². The smallest absolute Gasteiger partial charge is 0.273 e. The van der Waals surface area contributed by atoms with Crippen LogP contribution in [-0.4, -0.2) is 10.8 Å². The van der Waals surface area contributed by atoms with Gasteiger partial charge in [-0.1, -0.05) is 29.8 Å². The van der Waals surface area contributed by atoms with Crippen LogP contribution in [0.3, 0.4) is 0 Å². The first-order chi connectivity index (χ1) is 10.8. The third-order valence-electron chi connectivity index (χ3n) is 3.91. The van der Waals surface area contributed by atoms with Gasteiger partial charge in [-0.05, 0) is 44.9 Å². The first-order valence-electron chi connectivity index (χ1n) is 7.42. The highest BCUT2D eigenvalue weighted by atomic mass is 16.6. The van der Waals surface area contributed by atoms with Crippen molar-refractivity contribution in [1.29, 1.82) is 0 Å². The van der Waals surface area contributed by atoms with Crippen molar-refractivity contribution in [3.05, 3.63) is 74.3 Å². The Kier molecular flexibility index (Phi) is 4.79. The van der Waals surface area contributed by atoms with E-state index in [4.69, 9.17) is 0 Å². The molecule has 0 aliphatic heterocycles. The maximum Gasteiger partial charge on any atom is 0.273 e. The van der Waals surface area contributed by atoms with Crippen LogP contribution in [0.25, 0.3) is 0 Å². The quantitative estimate of drug-likeness (QED) is 0.685. The van der Waals surface area contributed by atoms with E-state index in [0.717, 1.165) is 11.1 Å². The van der Waals surface area contributed by atoms with E-state index in [1.807, 2.05) is 32.9 Å². The standard InChI is InChI=1S/C18H20N2O3/c1-11-5-8-16(13(3)9-11)14(4)19-18(21)15-7-6-12(2)17(10-15)20(22)23/h5-10,14H,1-4H3,(H,19,21)/t14-/m0/s1. The molecule has 23 heavy (non-hydrogen) atoms. The van der Waals surface area contributed by atoms with E-state index in [9.17, 15) is 14.9 Å². The van der Waals surface area contributed by atoms with Gasteiger partial charge in [0.15, 0.2) is 0 Å². The number of carbonyl (C=O) groups is 1. The van der Waals surface area contributed by atoms with Crippen molar-refractivity contribution in [2.45, 2.75) is 33.7 Å². The van der Waals surface area contributed by atoms with Crippen LogP contribution in [0.2, 0.25) is 0 Å². The van der Waals surface area contributed by atoms with Gasteiger partial charge in [0.05, 0.1) is 11.0 Å². The third kappa shape index (κ3) is 3.74. The molecule has 1 N–H and O–H groups in total. The first-order valence-corrected chi connectivity index (χ1v) is 7.42. The van der Waals surface area contributed by atoms with E-state index < -0.39 is 4.92 Å². The summed E-state index contributed by atoms with van der Waals surface area (Å²) in [5, 5.41) is 13.9. The Balaban J connectivity index is 2.21. The third-order valence-corrected chi connectivity index (χ3v) is 3.91. The fourth-order valence-electron chi connectivity index (χ4n) is 2.62. The molecular formula is C18H20N2O3. The lowest BCUT2D eigenvalue weighted by atomic mass is 10.00. The summed E-state index contributed by atoms with van der Waals surface area (Å²) in [5.74, 6) is -0.319. The van der Waals surface area contributed by atoms with Crippen LogP contribution in [0.15, 0.2) is 36.4 Å². The van der Waals surface area contributed by atoms with E-state index in [0.29, 0.717) is 11.1 Å². The minimum atomic E-state index is -0.473. The number of hydrogen-bond acceptors (Lipinski definition) is 3. The second-order valence-corrected chi connectivity index (χ2v) is 5.81. The summed E-state index contributed by atoms with van der Waals surface area (Å²) in [5.41, 5.74) is 4.09. The van der Waals surface area contributed by atoms with E-state index in [1.54, 1.807) is 19.1 Å². The maximum absolute atomic E-state index is 12.4. The molecule has 5 heteroatoms. The van der Waals surface area contributed by atoms with E-state index in [2.05, 4.69) is 11.4 Å². The Morgan fingerprint density at radius 1 is 1.09 bits per heavy atom. The molecule has 0 spiro atoms. The minimum absolute atomic E-state index is 0.0446. The zero-order valence-corrected chi connectivity index (χ0v) is 13.7. The highest BCUT2D eigenvalue weighted by Crippen LogP contribution is 2.21. The zero-order chi connectivity index (χ0) is 17.1. The van der Waals surface area contributed by atoms with Gasteiger partial charge in [0.25, 0.3) is 11.6 Å². The van der Waals surface area contributed by atoms with Gasteiger partial charge in [0.2, 0.25) is 0 Å². The van der Waals surface area contributed by atoms with Crippen LogP contribution in [0, 0.1) is 30.9 Å². The number of nitrogens with zero attached hydrogens (tertiary/aromatic N) is 1. The molecule has 0 aliphatic carbocycles. The summed E-state index contributed by atoms with van der Waals surface area (Å²) in [4.78, 5) is 22.9. The van der Waals surface area contributed by atoms with Crippen molar-refractivity contribution >= 4 is 11.6 Å². The molecule has 120 valence electrons. The number of aryl methyl sites for hydroxylation is 3. The molecule has 2 rings (SSSR count). The fraction of sp³-hybridized carbons (Fsp3) is 0.278. The molecule has 1 amide bonds. The molecule has 0 heterocycles. The fourth-order valence-corrected chi connectivity index (χ4v) is 2.62. The molecule has 0 radical (unpaired) electrons. The maximum atomic E-state index is 12.4. The van der Waals surface area contributed by atoms with Crippen LogP contribution < -0.4 is 5.32 Å². The number of nitro benzene ring substituents is 1. The Bertz CT molecular complexity index is 769. The number of nitro groups is 1. The lowest BCUT2D eigenvalue weighted by Gasteiger charge is -2.17. The number of carbonyl (C=O) groups excluding carboxylic acids is 1. The van der Waals surface area contributed by atoms with Gasteiger partial charge in [-0.2, -0.15) is 0 Å². The molecule has 0 bridgehead atoms. The van der Waals surface area contributed by atoms with Crippen molar-refractivity contribution in [2.24, 2.45) is 0 Å². The summed E-state index contributed by atoms with van der Waals surface area (Å²) >= 11 is 0. The van der Waals surface area contributed by atoms with Gasteiger partial charge in [0.1, 0.15) is 0 Å². The van der Waals surface area contributed by atoms with Gasteiger partial charge < -0.3 is 5.32 Å². The molecule has 0 unspecified atom stereocenters. The summed E-state index contributed by atoms with van der Waals surface area (Å²) < 4.78 is 0. The van der Waals surface area contributed by atoms with Gasteiger partial charge >= 0.3 is 0 Å². The molecule has 1 atom stereocenters. The number of hydrogen-bond donors (Lipinski definition) is 1. The topological polar surface area (TPSA) is 72.2 Å². The molecule has 2 aromatic rings. The Hall–Kier alpha value is -2.69. The second kappa shape index (κ2) is 6.60. The Labute approximate surface area is 135 Å². The van der Waals surface area contributed by atoms with Gasteiger partial charge in [-0.15, -0.1) is 0 Å². The molecule has 0 aromatic heterocycles. The highest BCUT2D eigenvalue weighted by Gasteiger charge is 2.17. The monoisotopic (exact) mass is 312 g/mol. The largest absolute Gasteiger partial charge is 0.346 e. The average molecular weight is 312 g/mol. The molecule has 0 saturated carbocycles.